The van der Waals surface area contributed by atoms with Crippen LogP contribution in [0.15, 0.2) is 17.3 Å². The average Bonchev–Trinajstić information content (AvgIpc) is 2.09. The standard InChI is InChI=1S/C10H18N2/c1-5-10(6-2)11-9(3)7-8-12(10)4/h7-8H,5-6H2,1-4H3. The van der Waals surface area contributed by atoms with Crippen LogP contribution >= 0.6 is 0 Å². The molecule has 2 nitrogen and oxygen atoms in total. The van der Waals surface area contributed by atoms with Crippen molar-refractivity contribution in [1.82, 2.24) is 4.90 Å². The first-order valence-corrected chi connectivity index (χ1v) is 4.62. The van der Waals surface area contributed by atoms with Crippen LogP contribution in [0.1, 0.15) is 33.6 Å². The summed E-state index contributed by atoms with van der Waals surface area (Å²) in [6.07, 6.45) is 6.32. The number of rotatable bonds is 2. The zero-order valence-electron chi connectivity index (χ0n) is 8.46. The van der Waals surface area contributed by atoms with Gasteiger partial charge in [0.25, 0.3) is 0 Å². The Morgan fingerprint density at radius 3 is 2.42 bits per heavy atom. The Hall–Kier alpha value is -0.790. The lowest BCUT2D eigenvalue weighted by molar-refractivity contribution is 0.171. The van der Waals surface area contributed by atoms with E-state index in [0.717, 1.165) is 18.6 Å². The highest BCUT2D eigenvalue weighted by Crippen LogP contribution is 2.27. The topological polar surface area (TPSA) is 15.6 Å². The molecule has 0 aliphatic carbocycles. The van der Waals surface area contributed by atoms with E-state index in [1.54, 1.807) is 0 Å². The second-order valence-corrected chi connectivity index (χ2v) is 3.37. The van der Waals surface area contributed by atoms with Gasteiger partial charge < -0.3 is 4.90 Å². The summed E-state index contributed by atoms with van der Waals surface area (Å²) < 4.78 is 0. The Balaban J connectivity index is 2.94. The van der Waals surface area contributed by atoms with Crippen LogP contribution in [0.3, 0.4) is 0 Å². The summed E-state index contributed by atoms with van der Waals surface area (Å²) in [6.45, 7) is 6.44. The lowest BCUT2D eigenvalue weighted by atomic mass is 10.0. The van der Waals surface area contributed by atoms with Gasteiger partial charge in [0.1, 0.15) is 5.66 Å². The molecule has 0 amide bonds. The molecule has 0 aromatic carbocycles. The Morgan fingerprint density at radius 2 is 2.00 bits per heavy atom. The summed E-state index contributed by atoms with van der Waals surface area (Å²) >= 11 is 0. The molecule has 0 saturated carbocycles. The molecule has 0 saturated heterocycles. The second kappa shape index (κ2) is 3.30. The van der Waals surface area contributed by atoms with E-state index in [9.17, 15) is 0 Å². The van der Waals surface area contributed by atoms with E-state index in [4.69, 9.17) is 0 Å². The van der Waals surface area contributed by atoms with Gasteiger partial charge in [-0.1, -0.05) is 13.8 Å². The van der Waals surface area contributed by atoms with Gasteiger partial charge in [-0.05, 0) is 25.8 Å². The molecule has 0 bridgehead atoms. The third-order valence-electron chi connectivity index (χ3n) is 2.71. The Bertz CT molecular complexity index is 212. The molecule has 1 aliphatic rings. The van der Waals surface area contributed by atoms with Gasteiger partial charge in [-0.15, -0.1) is 0 Å². The monoisotopic (exact) mass is 166 g/mol. The van der Waals surface area contributed by atoms with Gasteiger partial charge in [-0.3, -0.25) is 4.99 Å². The lowest BCUT2D eigenvalue weighted by Gasteiger charge is -2.39. The van der Waals surface area contributed by atoms with Crippen molar-refractivity contribution in [2.45, 2.75) is 39.3 Å². The Labute approximate surface area is 75.0 Å². The van der Waals surface area contributed by atoms with Crippen molar-refractivity contribution >= 4 is 5.71 Å². The molecule has 0 aromatic rings. The maximum Gasteiger partial charge on any atom is 0.131 e. The van der Waals surface area contributed by atoms with Gasteiger partial charge in [0, 0.05) is 19.0 Å². The maximum atomic E-state index is 4.69. The van der Waals surface area contributed by atoms with Gasteiger partial charge in [0.15, 0.2) is 0 Å². The molecule has 12 heavy (non-hydrogen) atoms. The number of aliphatic imine (C=N–C) groups is 1. The molecule has 0 unspecified atom stereocenters. The van der Waals surface area contributed by atoms with Crippen molar-refractivity contribution in [2.24, 2.45) is 4.99 Å². The number of nitrogens with zero attached hydrogens (tertiary/aromatic N) is 2. The summed E-state index contributed by atoms with van der Waals surface area (Å²) in [5.74, 6) is 0. The number of hydrogen-bond donors (Lipinski definition) is 0. The summed E-state index contributed by atoms with van der Waals surface area (Å²) in [5, 5.41) is 0. The van der Waals surface area contributed by atoms with Gasteiger partial charge in [-0.2, -0.15) is 0 Å². The van der Waals surface area contributed by atoms with Crippen LogP contribution in [0.2, 0.25) is 0 Å². The van der Waals surface area contributed by atoms with Crippen LogP contribution in [0.25, 0.3) is 0 Å². The first-order valence-electron chi connectivity index (χ1n) is 4.62. The molecule has 0 aromatic heterocycles. The van der Waals surface area contributed by atoms with Gasteiger partial charge in [-0.25, -0.2) is 0 Å². The fraction of sp³-hybridized carbons (Fsp3) is 0.700. The molecule has 1 aliphatic heterocycles. The average molecular weight is 166 g/mol. The smallest absolute Gasteiger partial charge is 0.131 e. The molecule has 1 heterocycles. The fourth-order valence-electron chi connectivity index (χ4n) is 1.71. The van der Waals surface area contributed by atoms with Crippen LogP contribution in [0, 0.1) is 0 Å². The maximum absolute atomic E-state index is 4.69. The molecule has 0 fully saturated rings. The van der Waals surface area contributed by atoms with E-state index in [2.05, 4.69) is 50.0 Å². The van der Waals surface area contributed by atoms with Crippen molar-refractivity contribution in [3.63, 3.8) is 0 Å². The second-order valence-electron chi connectivity index (χ2n) is 3.37. The highest BCUT2D eigenvalue weighted by atomic mass is 15.3. The molecular formula is C10H18N2. The zero-order valence-corrected chi connectivity index (χ0v) is 8.46. The minimum Gasteiger partial charge on any atom is -0.357 e. The van der Waals surface area contributed by atoms with Gasteiger partial charge in [0.2, 0.25) is 0 Å². The quantitative estimate of drug-likeness (QED) is 0.615. The summed E-state index contributed by atoms with van der Waals surface area (Å²) in [6, 6.07) is 0. The molecule has 2 heteroatoms. The largest absolute Gasteiger partial charge is 0.357 e. The third kappa shape index (κ3) is 1.38. The van der Waals surface area contributed by atoms with Crippen LogP contribution in [-0.4, -0.2) is 23.3 Å². The van der Waals surface area contributed by atoms with Crippen LogP contribution in [0.5, 0.6) is 0 Å². The number of allylic oxidation sites excluding steroid dienone is 1. The molecule has 68 valence electrons. The summed E-state index contributed by atoms with van der Waals surface area (Å²) in [4.78, 5) is 6.90. The van der Waals surface area contributed by atoms with E-state index in [-0.39, 0.29) is 5.66 Å². The highest BCUT2D eigenvalue weighted by molar-refractivity contribution is 5.93. The number of hydrogen-bond acceptors (Lipinski definition) is 2. The minimum absolute atomic E-state index is 0.0266. The molecule has 0 atom stereocenters. The molecule has 0 N–H and O–H groups in total. The van der Waals surface area contributed by atoms with Crippen molar-refractivity contribution in [3.8, 4) is 0 Å². The first kappa shape index (κ1) is 9.30. The van der Waals surface area contributed by atoms with Gasteiger partial charge in [0.05, 0.1) is 0 Å². The van der Waals surface area contributed by atoms with Gasteiger partial charge >= 0.3 is 0 Å². The molecule has 0 spiro atoms. The van der Waals surface area contributed by atoms with Crippen LogP contribution in [-0.2, 0) is 0 Å². The molecule has 1 rings (SSSR count). The molecule has 0 radical (unpaired) electrons. The van der Waals surface area contributed by atoms with Crippen molar-refractivity contribution < 1.29 is 0 Å². The lowest BCUT2D eigenvalue weighted by Crippen LogP contribution is -2.43. The molecular weight excluding hydrogens is 148 g/mol. The summed E-state index contributed by atoms with van der Waals surface area (Å²) in [5.41, 5.74) is 1.16. The minimum atomic E-state index is 0.0266. The third-order valence-corrected chi connectivity index (χ3v) is 2.71. The van der Waals surface area contributed by atoms with E-state index < -0.39 is 0 Å². The van der Waals surface area contributed by atoms with Crippen molar-refractivity contribution in [2.75, 3.05) is 7.05 Å². The fourth-order valence-corrected chi connectivity index (χ4v) is 1.71. The van der Waals surface area contributed by atoms with Crippen LogP contribution in [0.4, 0.5) is 0 Å². The van der Waals surface area contributed by atoms with Crippen molar-refractivity contribution in [3.05, 3.63) is 12.3 Å². The van der Waals surface area contributed by atoms with E-state index in [1.165, 1.54) is 0 Å². The first-order chi connectivity index (χ1) is 5.64. The normalized spacial score (nSPS) is 21.0. The SMILES string of the molecule is CCC1(CC)N=C(C)C=CN1C. The van der Waals surface area contributed by atoms with Crippen LogP contribution < -0.4 is 0 Å². The highest BCUT2D eigenvalue weighted by Gasteiger charge is 2.29. The Kier molecular flexibility index (Phi) is 2.55. The van der Waals surface area contributed by atoms with E-state index in [1.807, 2.05) is 0 Å². The zero-order chi connectivity index (χ0) is 9.19. The van der Waals surface area contributed by atoms with E-state index in [0.29, 0.717) is 0 Å². The van der Waals surface area contributed by atoms with E-state index >= 15 is 0 Å². The summed E-state index contributed by atoms with van der Waals surface area (Å²) in [7, 11) is 2.10. The van der Waals surface area contributed by atoms with Crippen molar-refractivity contribution in [1.29, 1.82) is 0 Å². The predicted molar refractivity (Wildman–Crippen MR) is 53.3 cm³/mol. The Morgan fingerprint density at radius 1 is 1.42 bits per heavy atom. The predicted octanol–water partition coefficient (Wildman–Crippen LogP) is 2.42.